The van der Waals surface area contributed by atoms with Crippen LogP contribution in [0.15, 0.2) is 41.3 Å². The Morgan fingerprint density at radius 1 is 1.23 bits per heavy atom. The lowest BCUT2D eigenvalue weighted by molar-refractivity contribution is -0.119. The first-order valence-electron chi connectivity index (χ1n) is 10.9. The van der Waals surface area contributed by atoms with E-state index in [1.54, 1.807) is 52.0 Å². The highest BCUT2D eigenvalue weighted by Crippen LogP contribution is 2.39. The highest BCUT2D eigenvalue weighted by Gasteiger charge is 2.36. The minimum atomic E-state index is -4.14. The minimum absolute atomic E-state index is 0.0202. The van der Waals surface area contributed by atoms with Gasteiger partial charge in [-0.3, -0.25) is 14.4 Å². The van der Waals surface area contributed by atoms with Gasteiger partial charge in [-0.2, -0.15) is 5.26 Å². The summed E-state index contributed by atoms with van der Waals surface area (Å²) in [7, 11) is -4.14. The molecule has 2 aromatic rings. The highest BCUT2D eigenvalue weighted by molar-refractivity contribution is 7.93. The van der Waals surface area contributed by atoms with Crippen LogP contribution in [-0.2, 0) is 19.6 Å². The van der Waals surface area contributed by atoms with Crippen molar-refractivity contribution < 1.29 is 27.5 Å². The van der Waals surface area contributed by atoms with Crippen LogP contribution in [0.5, 0.6) is 5.75 Å². The molecule has 0 spiro atoms. The second-order valence-electron chi connectivity index (χ2n) is 9.11. The average molecular weight is 501 g/mol. The number of carbonyl (C=O) groups excluding carboxylic acids is 2. The van der Waals surface area contributed by atoms with Gasteiger partial charge in [-0.1, -0.05) is 6.07 Å². The first kappa shape index (κ1) is 25.8. The number of amides is 2. The molecule has 2 N–H and O–H groups in total. The predicted molar refractivity (Wildman–Crippen MR) is 130 cm³/mol. The predicted octanol–water partition coefficient (Wildman–Crippen LogP) is 3.31. The summed E-state index contributed by atoms with van der Waals surface area (Å²) in [5.41, 5.74) is 0.483. The quantitative estimate of drug-likeness (QED) is 0.642. The third kappa shape index (κ3) is 6.22. The number of aryl methyl sites for hydroxylation is 1. The number of anilines is 2. The molecule has 1 aliphatic heterocycles. The van der Waals surface area contributed by atoms with E-state index in [2.05, 4.69) is 10.6 Å². The summed E-state index contributed by atoms with van der Waals surface area (Å²) >= 11 is 0. The molecule has 0 fully saturated rings. The molecule has 10 nitrogen and oxygen atoms in total. The summed E-state index contributed by atoms with van der Waals surface area (Å²) in [6.45, 7) is 8.19. The Hall–Kier alpha value is -3.78. The Balaban J connectivity index is 2.05. The maximum Gasteiger partial charge on any atom is 0.412 e. The summed E-state index contributed by atoms with van der Waals surface area (Å²) in [6.07, 6.45) is -1.35. The number of nitriles is 1. The molecule has 0 bridgehead atoms. The number of ether oxygens (including phenoxy) is 2. The molecule has 0 saturated heterocycles. The first-order valence-corrected chi connectivity index (χ1v) is 12.3. The van der Waals surface area contributed by atoms with E-state index in [0.717, 1.165) is 0 Å². The normalized spacial score (nSPS) is 15.3. The maximum absolute atomic E-state index is 13.8. The smallest absolute Gasteiger partial charge is 0.412 e. The Morgan fingerprint density at radius 3 is 2.57 bits per heavy atom. The van der Waals surface area contributed by atoms with Gasteiger partial charge in [0.25, 0.3) is 10.0 Å². The van der Waals surface area contributed by atoms with Gasteiger partial charge in [0, 0.05) is 12.6 Å². The van der Waals surface area contributed by atoms with E-state index in [4.69, 9.17) is 9.47 Å². The third-order valence-electron chi connectivity index (χ3n) is 5.00. The van der Waals surface area contributed by atoms with Gasteiger partial charge in [0.1, 0.15) is 17.5 Å². The van der Waals surface area contributed by atoms with Crippen LogP contribution in [-0.4, -0.2) is 45.2 Å². The zero-order valence-electron chi connectivity index (χ0n) is 20.2. The van der Waals surface area contributed by atoms with Crippen LogP contribution >= 0.6 is 0 Å². The number of benzene rings is 2. The molecule has 0 aromatic heterocycles. The molecule has 0 aliphatic carbocycles. The molecular formula is C24H28N4O6S. The summed E-state index contributed by atoms with van der Waals surface area (Å²) in [4.78, 5) is 23.6. The number of rotatable bonds is 5. The maximum atomic E-state index is 13.8. The Labute approximate surface area is 204 Å². The van der Waals surface area contributed by atoms with Crippen molar-refractivity contribution >= 4 is 33.4 Å². The van der Waals surface area contributed by atoms with Gasteiger partial charge in [0.05, 0.1) is 35.3 Å². The third-order valence-corrected chi connectivity index (χ3v) is 6.92. The first-order chi connectivity index (χ1) is 16.3. The molecule has 35 heavy (non-hydrogen) atoms. The van der Waals surface area contributed by atoms with Crippen LogP contribution in [0.1, 0.15) is 38.8 Å². The molecule has 0 radical (unpaired) electrons. The monoisotopic (exact) mass is 500 g/mol. The van der Waals surface area contributed by atoms with Crippen molar-refractivity contribution in [1.29, 1.82) is 5.26 Å². The minimum Gasteiger partial charge on any atom is -0.484 e. The van der Waals surface area contributed by atoms with Crippen molar-refractivity contribution in [1.82, 2.24) is 5.32 Å². The lowest BCUT2D eigenvalue weighted by atomic mass is 10.2. The Morgan fingerprint density at radius 2 is 1.94 bits per heavy atom. The van der Waals surface area contributed by atoms with Gasteiger partial charge in [-0.25, -0.2) is 13.2 Å². The van der Waals surface area contributed by atoms with Crippen LogP contribution in [0.25, 0.3) is 0 Å². The standard InChI is InChI=1S/C24H28N4O6S/c1-15-6-7-17(12-25)10-22(15)35(31,32)28-14-19(13-26-16(2)29)33-21-9-8-18(11-20(21)28)27-23(30)34-24(3,4)5/h6-11,19H,13-14H2,1-5H3,(H,26,29)(H,27,30). The molecule has 3 rings (SSSR count). The molecule has 11 heteroatoms. The number of nitrogens with one attached hydrogen (secondary N) is 2. The topological polar surface area (TPSA) is 138 Å². The highest BCUT2D eigenvalue weighted by atomic mass is 32.2. The van der Waals surface area contributed by atoms with E-state index >= 15 is 0 Å². The molecule has 186 valence electrons. The molecular weight excluding hydrogens is 472 g/mol. The van der Waals surface area contributed by atoms with Gasteiger partial charge in [0.2, 0.25) is 5.91 Å². The zero-order chi connectivity index (χ0) is 26.0. The molecule has 2 amide bonds. The molecule has 1 unspecified atom stereocenters. The zero-order valence-corrected chi connectivity index (χ0v) is 21.0. The van der Waals surface area contributed by atoms with E-state index < -0.39 is 27.8 Å². The van der Waals surface area contributed by atoms with Crippen molar-refractivity contribution in [2.45, 2.75) is 51.2 Å². The van der Waals surface area contributed by atoms with Crippen molar-refractivity contribution in [2.24, 2.45) is 0 Å². The van der Waals surface area contributed by atoms with Gasteiger partial charge in [-0.05, 0) is 63.6 Å². The number of nitrogens with zero attached hydrogens (tertiary/aromatic N) is 2. The van der Waals surface area contributed by atoms with E-state index in [0.29, 0.717) is 11.3 Å². The number of carbonyl (C=O) groups is 2. The molecule has 2 aromatic carbocycles. The van der Waals surface area contributed by atoms with Crippen molar-refractivity contribution in [3.8, 4) is 11.8 Å². The Bertz CT molecular complexity index is 1290. The molecule has 1 atom stereocenters. The number of sulfonamides is 1. The van der Waals surface area contributed by atoms with Crippen LogP contribution in [0.2, 0.25) is 0 Å². The van der Waals surface area contributed by atoms with Crippen molar-refractivity contribution in [2.75, 3.05) is 22.7 Å². The average Bonchev–Trinajstić information content (AvgIpc) is 2.76. The van der Waals surface area contributed by atoms with Gasteiger partial charge in [-0.15, -0.1) is 0 Å². The lowest BCUT2D eigenvalue weighted by Crippen LogP contribution is -2.48. The van der Waals surface area contributed by atoms with Crippen molar-refractivity contribution in [3.05, 3.63) is 47.5 Å². The summed E-state index contributed by atoms with van der Waals surface area (Å²) in [5.74, 6) is -0.0118. The van der Waals surface area contributed by atoms with Crippen molar-refractivity contribution in [3.63, 3.8) is 0 Å². The molecule has 0 saturated carbocycles. The SMILES string of the molecule is CC(=O)NCC1CN(S(=O)(=O)c2cc(C#N)ccc2C)c2cc(NC(=O)OC(C)(C)C)ccc2O1. The Kier molecular flexibility index (Phi) is 7.26. The number of hydrogen-bond acceptors (Lipinski definition) is 7. The second-order valence-corrected chi connectivity index (χ2v) is 10.9. The fraction of sp³-hybridized carbons (Fsp3) is 0.375. The summed E-state index contributed by atoms with van der Waals surface area (Å²) < 4.78 is 40.0. The van der Waals surface area contributed by atoms with Crippen LogP contribution < -0.4 is 19.7 Å². The fourth-order valence-corrected chi connectivity index (χ4v) is 5.22. The largest absolute Gasteiger partial charge is 0.484 e. The number of fused-ring (bicyclic) bond motifs is 1. The van der Waals surface area contributed by atoms with Gasteiger partial charge < -0.3 is 14.8 Å². The molecule has 1 aliphatic rings. The summed E-state index contributed by atoms with van der Waals surface area (Å²) in [6, 6.07) is 11.0. The van der Waals surface area contributed by atoms with E-state index in [1.165, 1.54) is 23.4 Å². The van der Waals surface area contributed by atoms with Gasteiger partial charge >= 0.3 is 6.09 Å². The van der Waals surface area contributed by atoms with Gasteiger partial charge in [0.15, 0.2) is 0 Å². The van der Waals surface area contributed by atoms with Crippen LogP contribution in [0.3, 0.4) is 0 Å². The van der Waals surface area contributed by atoms with E-state index in [9.17, 15) is 23.3 Å². The van der Waals surface area contributed by atoms with E-state index in [-0.39, 0.29) is 40.9 Å². The summed E-state index contributed by atoms with van der Waals surface area (Å²) in [5, 5.41) is 14.5. The van der Waals surface area contributed by atoms with Crippen LogP contribution in [0.4, 0.5) is 16.2 Å². The van der Waals surface area contributed by atoms with Crippen LogP contribution in [0, 0.1) is 18.3 Å². The molecule has 1 heterocycles. The second kappa shape index (κ2) is 9.84. The number of hydrogen-bond donors (Lipinski definition) is 2. The fourth-order valence-electron chi connectivity index (χ4n) is 3.47. The van der Waals surface area contributed by atoms with E-state index in [1.807, 2.05) is 6.07 Å². The lowest BCUT2D eigenvalue weighted by Gasteiger charge is -2.36.